The molecule has 2 rings (SSSR count). The molecule has 4 nitrogen and oxygen atoms in total. The summed E-state index contributed by atoms with van der Waals surface area (Å²) in [5.41, 5.74) is 0. The third-order valence-electron chi connectivity index (χ3n) is 3.83. The molecule has 0 aliphatic carbocycles. The van der Waals surface area contributed by atoms with Gasteiger partial charge in [0.1, 0.15) is 0 Å². The molecule has 0 amide bonds. The molecule has 4 heteroatoms. The maximum atomic E-state index is 5.36. The quantitative estimate of drug-likeness (QED) is 0.732. The van der Waals surface area contributed by atoms with Gasteiger partial charge in [-0.3, -0.25) is 4.90 Å². The third-order valence-corrected chi connectivity index (χ3v) is 3.83. The normalized spacial score (nSPS) is 26.1. The van der Waals surface area contributed by atoms with E-state index in [2.05, 4.69) is 22.2 Å². The Balaban J connectivity index is 1.59. The molecule has 16 heavy (non-hydrogen) atoms. The van der Waals surface area contributed by atoms with Crippen molar-refractivity contribution in [2.45, 2.75) is 18.9 Å². The highest BCUT2D eigenvalue weighted by Crippen LogP contribution is 2.09. The van der Waals surface area contributed by atoms with Gasteiger partial charge >= 0.3 is 0 Å². The van der Waals surface area contributed by atoms with Crippen LogP contribution < -0.4 is 5.32 Å². The van der Waals surface area contributed by atoms with Crippen LogP contribution in [0.15, 0.2) is 0 Å². The van der Waals surface area contributed by atoms with E-state index >= 15 is 0 Å². The van der Waals surface area contributed by atoms with Crippen LogP contribution in [0.4, 0.5) is 0 Å². The number of hydrogen-bond donors (Lipinski definition) is 1. The molecule has 0 unspecified atom stereocenters. The van der Waals surface area contributed by atoms with Gasteiger partial charge in [0.05, 0.1) is 13.2 Å². The number of nitrogens with zero attached hydrogens (tertiary/aromatic N) is 2. The van der Waals surface area contributed by atoms with Crippen LogP contribution in [-0.4, -0.2) is 75.4 Å². The summed E-state index contributed by atoms with van der Waals surface area (Å²) in [7, 11) is 2.08. The Kier molecular flexibility index (Phi) is 5.03. The molecule has 2 fully saturated rings. The first-order chi connectivity index (χ1) is 7.88. The zero-order valence-electron chi connectivity index (χ0n) is 10.5. The highest BCUT2D eigenvalue weighted by atomic mass is 16.5. The van der Waals surface area contributed by atoms with Crippen molar-refractivity contribution in [3.8, 4) is 0 Å². The second-order valence-corrected chi connectivity index (χ2v) is 4.86. The van der Waals surface area contributed by atoms with Crippen molar-refractivity contribution in [1.29, 1.82) is 0 Å². The lowest BCUT2D eigenvalue weighted by molar-refractivity contribution is 0.0319. The van der Waals surface area contributed by atoms with Gasteiger partial charge in [-0.25, -0.2) is 0 Å². The predicted octanol–water partition coefficient (Wildman–Crippen LogP) is 0.00240. The van der Waals surface area contributed by atoms with Crippen LogP contribution in [0.1, 0.15) is 12.8 Å². The third kappa shape index (κ3) is 3.70. The fourth-order valence-corrected chi connectivity index (χ4v) is 2.55. The average Bonchev–Trinajstić information content (AvgIpc) is 2.38. The van der Waals surface area contributed by atoms with Crippen molar-refractivity contribution in [3.05, 3.63) is 0 Å². The molecule has 94 valence electrons. The Bertz CT molecular complexity index is 187. The molecule has 0 atom stereocenters. The zero-order valence-corrected chi connectivity index (χ0v) is 10.5. The Morgan fingerprint density at radius 2 is 1.56 bits per heavy atom. The van der Waals surface area contributed by atoms with Gasteiger partial charge in [-0.2, -0.15) is 0 Å². The Morgan fingerprint density at radius 3 is 2.12 bits per heavy atom. The number of morpholine rings is 1. The number of rotatable bonds is 4. The highest BCUT2D eigenvalue weighted by molar-refractivity contribution is 4.76. The first kappa shape index (κ1) is 12.3. The molecule has 2 aliphatic heterocycles. The van der Waals surface area contributed by atoms with Crippen LogP contribution in [0.5, 0.6) is 0 Å². The van der Waals surface area contributed by atoms with E-state index in [1.54, 1.807) is 0 Å². The van der Waals surface area contributed by atoms with Crippen molar-refractivity contribution in [1.82, 2.24) is 15.1 Å². The van der Waals surface area contributed by atoms with E-state index in [0.29, 0.717) is 0 Å². The lowest BCUT2D eigenvalue weighted by atomic mass is 10.1. The number of piperidine rings is 1. The van der Waals surface area contributed by atoms with Crippen LogP contribution >= 0.6 is 0 Å². The van der Waals surface area contributed by atoms with E-state index in [-0.39, 0.29) is 0 Å². The minimum Gasteiger partial charge on any atom is -0.379 e. The molecule has 2 aliphatic rings. The van der Waals surface area contributed by atoms with E-state index < -0.39 is 0 Å². The zero-order chi connectivity index (χ0) is 11.2. The van der Waals surface area contributed by atoms with Crippen molar-refractivity contribution in [3.63, 3.8) is 0 Å². The summed E-state index contributed by atoms with van der Waals surface area (Å²) in [6.45, 7) is 9.04. The Hall–Kier alpha value is -0.160. The van der Waals surface area contributed by atoms with Crippen LogP contribution in [0.3, 0.4) is 0 Å². The van der Waals surface area contributed by atoms with Crippen molar-refractivity contribution < 1.29 is 4.74 Å². The molecule has 2 saturated heterocycles. The van der Waals surface area contributed by atoms with Crippen molar-refractivity contribution in [2.24, 2.45) is 0 Å². The van der Waals surface area contributed by atoms with Crippen molar-refractivity contribution in [2.75, 3.05) is 59.5 Å². The molecule has 0 aromatic carbocycles. The van der Waals surface area contributed by atoms with Gasteiger partial charge in [-0.1, -0.05) is 0 Å². The Morgan fingerprint density at radius 1 is 1.00 bits per heavy atom. The second-order valence-electron chi connectivity index (χ2n) is 4.86. The largest absolute Gasteiger partial charge is 0.379 e. The van der Waals surface area contributed by atoms with E-state index in [0.717, 1.165) is 32.3 Å². The summed E-state index contributed by atoms with van der Waals surface area (Å²) in [5, 5.41) is 3.38. The maximum Gasteiger partial charge on any atom is 0.0594 e. The minimum atomic E-state index is 0.750. The summed E-state index contributed by atoms with van der Waals surface area (Å²) >= 11 is 0. The lowest BCUT2D eigenvalue weighted by Crippen LogP contribution is -2.45. The van der Waals surface area contributed by atoms with E-state index in [1.165, 1.54) is 39.0 Å². The topological polar surface area (TPSA) is 27.7 Å². The summed E-state index contributed by atoms with van der Waals surface area (Å²) < 4.78 is 5.36. The lowest BCUT2D eigenvalue weighted by Gasteiger charge is -2.34. The summed E-state index contributed by atoms with van der Waals surface area (Å²) in [4.78, 5) is 5.12. The summed E-state index contributed by atoms with van der Waals surface area (Å²) in [6.07, 6.45) is 2.61. The molecule has 1 N–H and O–H groups in total. The molecule has 0 bridgehead atoms. The van der Waals surface area contributed by atoms with Gasteiger partial charge in [0, 0.05) is 32.2 Å². The van der Waals surface area contributed by atoms with Gasteiger partial charge in [0.15, 0.2) is 0 Å². The Labute approximate surface area is 98.9 Å². The second kappa shape index (κ2) is 6.55. The monoisotopic (exact) mass is 227 g/mol. The molecule has 0 aromatic heterocycles. The smallest absolute Gasteiger partial charge is 0.0594 e. The predicted molar refractivity (Wildman–Crippen MR) is 65.8 cm³/mol. The van der Waals surface area contributed by atoms with Crippen molar-refractivity contribution >= 4 is 0 Å². The van der Waals surface area contributed by atoms with Crippen LogP contribution in [0.25, 0.3) is 0 Å². The van der Waals surface area contributed by atoms with Crippen LogP contribution in [0.2, 0.25) is 0 Å². The first-order valence-corrected chi connectivity index (χ1v) is 6.58. The summed E-state index contributed by atoms with van der Waals surface area (Å²) in [5.74, 6) is 0. The van der Waals surface area contributed by atoms with Gasteiger partial charge in [-0.05, 0) is 33.0 Å². The van der Waals surface area contributed by atoms with Gasteiger partial charge in [0.2, 0.25) is 0 Å². The van der Waals surface area contributed by atoms with Crippen LogP contribution in [-0.2, 0) is 4.74 Å². The van der Waals surface area contributed by atoms with Gasteiger partial charge < -0.3 is 15.0 Å². The number of ether oxygens (including phenoxy) is 1. The van der Waals surface area contributed by atoms with Gasteiger partial charge in [0.25, 0.3) is 0 Å². The summed E-state index contributed by atoms with van der Waals surface area (Å²) in [6, 6.07) is 0.750. The van der Waals surface area contributed by atoms with E-state index in [9.17, 15) is 0 Å². The molecular weight excluding hydrogens is 202 g/mol. The van der Waals surface area contributed by atoms with E-state index in [4.69, 9.17) is 4.74 Å². The standard InChI is InChI=1S/C12H25N3O/c1-13-12-2-4-14(5-3-12)6-7-15-8-10-16-11-9-15/h12-13H,2-11H2,1H3. The minimum absolute atomic E-state index is 0.750. The first-order valence-electron chi connectivity index (χ1n) is 6.58. The van der Waals surface area contributed by atoms with E-state index in [1.807, 2.05) is 0 Å². The number of hydrogen-bond acceptors (Lipinski definition) is 4. The fraction of sp³-hybridized carbons (Fsp3) is 1.00. The number of likely N-dealkylation sites (tertiary alicyclic amines) is 1. The molecule has 0 saturated carbocycles. The SMILES string of the molecule is CNC1CCN(CCN2CCOCC2)CC1. The van der Waals surface area contributed by atoms with Gasteiger partial charge in [-0.15, -0.1) is 0 Å². The average molecular weight is 227 g/mol. The fourth-order valence-electron chi connectivity index (χ4n) is 2.55. The maximum absolute atomic E-state index is 5.36. The molecule has 0 aromatic rings. The molecule has 0 spiro atoms. The van der Waals surface area contributed by atoms with Crippen LogP contribution in [0, 0.1) is 0 Å². The number of nitrogens with one attached hydrogen (secondary N) is 1. The molecule has 0 radical (unpaired) electrons. The molecular formula is C12H25N3O. The highest BCUT2D eigenvalue weighted by Gasteiger charge is 2.18. The molecule has 2 heterocycles.